The average molecular weight is 419 g/mol. The molecule has 0 unspecified atom stereocenters. The molecule has 0 amide bonds. The van der Waals surface area contributed by atoms with Gasteiger partial charge >= 0.3 is 0 Å². The summed E-state index contributed by atoms with van der Waals surface area (Å²) < 4.78 is 5.34. The van der Waals surface area contributed by atoms with E-state index in [1.807, 2.05) is 24.3 Å². The van der Waals surface area contributed by atoms with E-state index in [4.69, 9.17) is 16.1 Å². The Kier molecular flexibility index (Phi) is 8.31. The molecule has 1 fully saturated rings. The number of hydrogen-bond acceptors (Lipinski definition) is 5. The summed E-state index contributed by atoms with van der Waals surface area (Å²) in [6, 6.07) is 7.39. The molecule has 2 heterocycles. The van der Waals surface area contributed by atoms with Crippen LogP contribution in [0.2, 0.25) is 5.02 Å². The van der Waals surface area contributed by atoms with E-state index in [1.54, 1.807) is 7.05 Å². The number of likely N-dealkylation sites (tertiary alicyclic amines) is 1. The molecule has 2 N–H and O–H groups in total. The summed E-state index contributed by atoms with van der Waals surface area (Å²) >= 11 is 5.91. The summed E-state index contributed by atoms with van der Waals surface area (Å²) in [6.45, 7) is 7.54. The first-order valence-corrected chi connectivity index (χ1v) is 10.8. The van der Waals surface area contributed by atoms with Gasteiger partial charge in [0.15, 0.2) is 5.96 Å². The van der Waals surface area contributed by atoms with E-state index in [-0.39, 0.29) is 0 Å². The minimum Gasteiger partial charge on any atom is -0.356 e. The third-order valence-corrected chi connectivity index (χ3v) is 5.50. The van der Waals surface area contributed by atoms with Crippen molar-refractivity contribution in [1.82, 2.24) is 25.7 Å². The van der Waals surface area contributed by atoms with Crippen molar-refractivity contribution in [2.45, 2.75) is 32.6 Å². The van der Waals surface area contributed by atoms with E-state index in [2.05, 4.69) is 37.6 Å². The molecule has 1 aromatic heterocycles. The molecule has 1 saturated heterocycles. The average Bonchev–Trinajstić information content (AvgIpc) is 3.20. The Morgan fingerprint density at radius 2 is 1.93 bits per heavy atom. The van der Waals surface area contributed by atoms with Crippen LogP contribution in [0.25, 0.3) is 11.4 Å². The van der Waals surface area contributed by atoms with Crippen LogP contribution >= 0.6 is 11.6 Å². The number of piperidine rings is 1. The van der Waals surface area contributed by atoms with Crippen LogP contribution in [0, 0.1) is 5.92 Å². The van der Waals surface area contributed by atoms with Gasteiger partial charge in [0, 0.05) is 37.1 Å². The van der Waals surface area contributed by atoms with Crippen LogP contribution in [0.5, 0.6) is 0 Å². The number of hydrogen-bond donors (Lipinski definition) is 2. The van der Waals surface area contributed by atoms with Gasteiger partial charge in [0.05, 0.1) is 0 Å². The van der Waals surface area contributed by atoms with Crippen LogP contribution in [-0.4, -0.2) is 60.8 Å². The van der Waals surface area contributed by atoms with Crippen LogP contribution < -0.4 is 10.6 Å². The Labute approximate surface area is 177 Å². The number of halogens is 1. The lowest BCUT2D eigenvalue weighted by molar-refractivity contribution is 0.191. The van der Waals surface area contributed by atoms with Gasteiger partial charge in [-0.05, 0) is 69.1 Å². The highest BCUT2D eigenvalue weighted by atomic mass is 35.5. The molecule has 1 aliphatic rings. The molecule has 0 aliphatic carbocycles. The zero-order valence-electron chi connectivity index (χ0n) is 17.3. The molecule has 3 rings (SSSR count). The molecule has 2 aromatic rings. The Morgan fingerprint density at radius 1 is 1.21 bits per heavy atom. The van der Waals surface area contributed by atoms with Crippen molar-refractivity contribution in [2.24, 2.45) is 10.9 Å². The second-order valence-electron chi connectivity index (χ2n) is 7.57. The van der Waals surface area contributed by atoms with Gasteiger partial charge in [-0.25, -0.2) is 0 Å². The molecule has 8 heteroatoms. The van der Waals surface area contributed by atoms with Crippen LogP contribution in [0.1, 0.15) is 32.1 Å². The number of benzene rings is 1. The first-order valence-electron chi connectivity index (χ1n) is 10.4. The molecule has 0 saturated carbocycles. The van der Waals surface area contributed by atoms with E-state index < -0.39 is 0 Å². The van der Waals surface area contributed by atoms with Crippen molar-refractivity contribution in [2.75, 3.05) is 39.8 Å². The van der Waals surface area contributed by atoms with Crippen LogP contribution in [0.15, 0.2) is 33.8 Å². The van der Waals surface area contributed by atoms with Crippen molar-refractivity contribution in [3.63, 3.8) is 0 Å². The lowest BCUT2D eigenvalue weighted by Gasteiger charge is -2.30. The zero-order valence-corrected chi connectivity index (χ0v) is 18.1. The predicted molar refractivity (Wildman–Crippen MR) is 117 cm³/mol. The van der Waals surface area contributed by atoms with Crippen molar-refractivity contribution < 1.29 is 4.52 Å². The van der Waals surface area contributed by atoms with E-state index >= 15 is 0 Å². The molecule has 0 atom stereocenters. The van der Waals surface area contributed by atoms with Crippen molar-refractivity contribution in [1.29, 1.82) is 0 Å². The highest BCUT2D eigenvalue weighted by Crippen LogP contribution is 2.18. The predicted octanol–water partition coefficient (Wildman–Crippen LogP) is 3.22. The van der Waals surface area contributed by atoms with Gasteiger partial charge in [0.1, 0.15) is 0 Å². The number of aromatic nitrogens is 2. The van der Waals surface area contributed by atoms with Gasteiger partial charge in [-0.2, -0.15) is 4.98 Å². The third-order valence-electron chi connectivity index (χ3n) is 5.25. The normalized spacial score (nSPS) is 16.2. The van der Waals surface area contributed by atoms with E-state index in [0.717, 1.165) is 37.0 Å². The standard InChI is InChI=1S/C21H31ClN6O/c1-16-9-14-28(15-10-16)13-3-11-24-21(23-2)25-12-8-19-26-20(27-29-19)17-4-6-18(22)7-5-17/h4-7,16H,3,8-15H2,1-2H3,(H2,23,24,25). The summed E-state index contributed by atoms with van der Waals surface area (Å²) in [4.78, 5) is 11.3. The fourth-order valence-corrected chi connectivity index (χ4v) is 3.50. The summed E-state index contributed by atoms with van der Waals surface area (Å²) in [7, 11) is 1.78. The smallest absolute Gasteiger partial charge is 0.228 e. The van der Waals surface area contributed by atoms with Gasteiger partial charge in [-0.15, -0.1) is 0 Å². The number of aliphatic imine (C=N–C) groups is 1. The van der Waals surface area contributed by atoms with Crippen molar-refractivity contribution >= 4 is 17.6 Å². The maximum absolute atomic E-state index is 5.91. The van der Waals surface area contributed by atoms with Gasteiger partial charge < -0.3 is 20.1 Å². The summed E-state index contributed by atoms with van der Waals surface area (Å²) in [5.41, 5.74) is 0.887. The molecule has 7 nitrogen and oxygen atoms in total. The molecule has 0 bridgehead atoms. The maximum Gasteiger partial charge on any atom is 0.228 e. The van der Waals surface area contributed by atoms with Crippen LogP contribution in [-0.2, 0) is 6.42 Å². The second-order valence-corrected chi connectivity index (χ2v) is 8.01. The van der Waals surface area contributed by atoms with Gasteiger partial charge in [0.2, 0.25) is 11.7 Å². The summed E-state index contributed by atoms with van der Waals surface area (Å²) in [5, 5.41) is 11.4. The summed E-state index contributed by atoms with van der Waals surface area (Å²) in [6.07, 6.45) is 4.40. The first-order chi connectivity index (χ1) is 14.1. The molecular formula is C21H31ClN6O. The second kappa shape index (κ2) is 11.2. The number of nitrogens with zero attached hydrogens (tertiary/aromatic N) is 4. The van der Waals surface area contributed by atoms with Gasteiger partial charge in [-0.3, -0.25) is 4.99 Å². The Morgan fingerprint density at radius 3 is 2.66 bits per heavy atom. The Balaban J connectivity index is 1.33. The minimum atomic E-state index is 0.575. The fraction of sp³-hybridized carbons (Fsp3) is 0.571. The van der Waals surface area contributed by atoms with Gasteiger partial charge in [-0.1, -0.05) is 23.7 Å². The molecule has 158 valence electrons. The molecule has 0 spiro atoms. The first kappa shape index (κ1) is 21.6. The number of rotatable bonds is 8. The monoisotopic (exact) mass is 418 g/mol. The topological polar surface area (TPSA) is 78.6 Å². The highest BCUT2D eigenvalue weighted by Gasteiger charge is 2.14. The third kappa shape index (κ3) is 7.01. The zero-order chi connectivity index (χ0) is 20.5. The van der Waals surface area contributed by atoms with E-state index in [1.165, 1.54) is 25.9 Å². The number of nitrogens with one attached hydrogen (secondary N) is 2. The van der Waals surface area contributed by atoms with Crippen molar-refractivity contribution in [3.8, 4) is 11.4 Å². The molecule has 29 heavy (non-hydrogen) atoms. The minimum absolute atomic E-state index is 0.575. The van der Waals surface area contributed by atoms with Crippen LogP contribution in [0.3, 0.4) is 0 Å². The van der Waals surface area contributed by atoms with Crippen molar-refractivity contribution in [3.05, 3.63) is 35.2 Å². The Bertz CT molecular complexity index is 768. The molecule has 1 aliphatic heterocycles. The summed E-state index contributed by atoms with van der Waals surface area (Å²) in [5.74, 6) is 2.85. The highest BCUT2D eigenvalue weighted by molar-refractivity contribution is 6.30. The molecular weight excluding hydrogens is 388 g/mol. The van der Waals surface area contributed by atoms with E-state index in [9.17, 15) is 0 Å². The van der Waals surface area contributed by atoms with Crippen LogP contribution in [0.4, 0.5) is 0 Å². The van der Waals surface area contributed by atoms with E-state index in [0.29, 0.717) is 29.7 Å². The fourth-order valence-electron chi connectivity index (χ4n) is 3.38. The Hall–Kier alpha value is -2.12. The van der Waals surface area contributed by atoms with Gasteiger partial charge in [0.25, 0.3) is 0 Å². The quantitative estimate of drug-likeness (QED) is 0.389. The molecule has 0 radical (unpaired) electrons. The largest absolute Gasteiger partial charge is 0.356 e. The SMILES string of the molecule is CN=C(NCCCN1CCC(C)CC1)NCCc1nc(-c2ccc(Cl)cc2)no1. The number of guanidine groups is 1. The lowest BCUT2D eigenvalue weighted by atomic mass is 9.99. The molecule has 1 aromatic carbocycles. The maximum atomic E-state index is 5.91. The lowest BCUT2D eigenvalue weighted by Crippen LogP contribution is -2.40.